The van der Waals surface area contributed by atoms with Gasteiger partial charge in [0.15, 0.2) is 11.4 Å². The van der Waals surface area contributed by atoms with Crippen LogP contribution in [0.3, 0.4) is 0 Å². The molecule has 9 atom stereocenters. The van der Waals surface area contributed by atoms with Crippen molar-refractivity contribution in [1.82, 2.24) is 14.7 Å². The van der Waals surface area contributed by atoms with E-state index in [9.17, 15) is 34.8 Å². The number of fused-ring (bicyclic) bond motifs is 13. The van der Waals surface area contributed by atoms with Gasteiger partial charge in [-0.2, -0.15) is 0 Å². The van der Waals surface area contributed by atoms with E-state index in [-0.39, 0.29) is 55.4 Å². The van der Waals surface area contributed by atoms with Gasteiger partial charge in [0.2, 0.25) is 0 Å². The zero-order valence-corrected chi connectivity index (χ0v) is 43.9. The zero-order chi connectivity index (χ0) is 52.2. The Morgan fingerprint density at radius 2 is 1.58 bits per heavy atom. The largest absolute Gasteiger partial charge is 0.507 e. The van der Waals surface area contributed by atoms with Crippen LogP contribution in [0.4, 0.5) is 10.5 Å². The summed E-state index contributed by atoms with van der Waals surface area (Å²) in [4.78, 5) is 60.0. The molecule has 18 heteroatoms. The van der Waals surface area contributed by atoms with E-state index in [2.05, 4.69) is 36.0 Å². The monoisotopic (exact) mass is 1000 g/mol. The number of hydrogen-bond donors (Lipinski definition) is 5. The second-order valence-corrected chi connectivity index (χ2v) is 22.0. The first kappa shape index (κ1) is 53.2. The van der Waals surface area contributed by atoms with Crippen molar-refractivity contribution in [1.29, 1.82) is 0 Å². The number of aliphatic hydroxyl groups excluding tert-OH is 2. The predicted octanol–water partition coefficient (Wildman–Crippen LogP) is 5.12. The summed E-state index contributed by atoms with van der Waals surface area (Å²) in [5.74, 6) is -6.13. The summed E-state index contributed by atoms with van der Waals surface area (Å²) in [6.07, 6.45) is 5.89. The average Bonchev–Trinajstić information content (AvgIpc) is 3.85. The minimum absolute atomic E-state index is 0.0338. The van der Waals surface area contributed by atoms with Gasteiger partial charge in [0.1, 0.15) is 28.6 Å². The van der Waals surface area contributed by atoms with E-state index < -0.39 is 88.7 Å². The number of piperidine rings is 2. The van der Waals surface area contributed by atoms with Gasteiger partial charge >= 0.3 is 11.9 Å². The van der Waals surface area contributed by atoms with Gasteiger partial charge in [0.05, 0.1) is 59.6 Å². The van der Waals surface area contributed by atoms with Crippen LogP contribution in [0.15, 0.2) is 46.1 Å². The average molecular weight is 1000 g/mol. The van der Waals surface area contributed by atoms with Crippen molar-refractivity contribution >= 4 is 34.2 Å². The number of phenolic OH excluding ortho intramolecular Hbond substituents is 2. The number of carbonyl (C=O) groups excluding carboxylic acids is 3. The number of Topliss-reactive ketones (excluding diaryl/α,β-unsaturated/α-hetero) is 1. The third kappa shape index (κ3) is 9.98. The minimum Gasteiger partial charge on any atom is -0.507 e. The van der Waals surface area contributed by atoms with Crippen LogP contribution in [0.5, 0.6) is 17.2 Å². The van der Waals surface area contributed by atoms with Gasteiger partial charge in [0.25, 0.3) is 11.7 Å². The molecule has 7 heterocycles. The van der Waals surface area contributed by atoms with Crippen LogP contribution in [0, 0.1) is 36.5 Å². The molecule has 0 saturated carbocycles. The van der Waals surface area contributed by atoms with Crippen LogP contribution in [0.25, 0.3) is 10.8 Å². The Hall–Kier alpha value is -5.11. The zero-order valence-electron chi connectivity index (χ0n) is 43.9. The molecule has 2 aromatic rings. The molecular formula is C54H76N6O12. The maximum atomic E-state index is 15.0. The van der Waals surface area contributed by atoms with Crippen LogP contribution < -0.4 is 20.8 Å². The third-order valence-electron chi connectivity index (χ3n) is 16.2. The number of ketones is 1. The van der Waals surface area contributed by atoms with Crippen molar-refractivity contribution in [2.24, 2.45) is 39.6 Å². The van der Waals surface area contributed by atoms with Crippen molar-refractivity contribution < 1.29 is 58.5 Å². The highest BCUT2D eigenvalue weighted by Crippen LogP contribution is 2.50. The Morgan fingerprint density at radius 3 is 2.25 bits per heavy atom. The van der Waals surface area contributed by atoms with Gasteiger partial charge in [-0.3, -0.25) is 19.6 Å². The van der Waals surface area contributed by atoms with E-state index in [4.69, 9.17) is 33.7 Å². The van der Waals surface area contributed by atoms with Gasteiger partial charge in [0, 0.05) is 106 Å². The number of ether oxygens (including phenoxy) is 5. The Labute approximate surface area is 422 Å². The summed E-state index contributed by atoms with van der Waals surface area (Å²) in [6, 6.07) is 0. The number of morpholine rings is 1. The first-order valence-electron chi connectivity index (χ1n) is 25.7. The number of aromatic hydroxyl groups is 2. The molecule has 2 aromatic carbocycles. The molecule has 2 spiro atoms. The molecule has 72 heavy (non-hydrogen) atoms. The van der Waals surface area contributed by atoms with E-state index in [1.807, 2.05) is 6.92 Å². The third-order valence-corrected chi connectivity index (χ3v) is 16.2. The Bertz CT molecular complexity index is 2650. The number of nitrogens with one attached hydrogen (secondary N) is 1. The molecule has 0 aliphatic carbocycles. The highest BCUT2D eigenvalue weighted by Gasteiger charge is 2.51. The van der Waals surface area contributed by atoms with E-state index >= 15 is 0 Å². The lowest BCUT2D eigenvalue weighted by atomic mass is 9.78. The number of likely N-dealkylation sites (tertiary alicyclic amines) is 2. The summed E-state index contributed by atoms with van der Waals surface area (Å²) >= 11 is 0. The van der Waals surface area contributed by atoms with Crippen LogP contribution >= 0.6 is 0 Å². The number of benzene rings is 2. The molecule has 9 rings (SSSR count). The van der Waals surface area contributed by atoms with Gasteiger partial charge in [-0.1, -0.05) is 59.8 Å². The van der Waals surface area contributed by atoms with Gasteiger partial charge < -0.3 is 64.1 Å². The maximum Gasteiger partial charge on any atom is 0.410 e. The van der Waals surface area contributed by atoms with Crippen LogP contribution in [0.1, 0.15) is 97.0 Å². The maximum absolute atomic E-state index is 15.0. The van der Waals surface area contributed by atoms with Gasteiger partial charge in [-0.05, 0) is 45.7 Å². The number of methoxy groups -OCH3 is 1. The second kappa shape index (κ2) is 20.7. The number of amides is 2. The molecule has 18 nitrogen and oxygen atoms in total. The Kier molecular flexibility index (Phi) is 15.3. The summed E-state index contributed by atoms with van der Waals surface area (Å²) in [5, 5.41) is 51.3. The number of carbonyl (C=O) groups is 3. The van der Waals surface area contributed by atoms with Crippen molar-refractivity contribution in [3.63, 3.8) is 0 Å². The molecule has 5 bridgehead atoms. The van der Waals surface area contributed by atoms with Gasteiger partial charge in [-0.15, -0.1) is 0 Å². The summed E-state index contributed by atoms with van der Waals surface area (Å²) in [6.45, 7) is 21.1. The second-order valence-electron chi connectivity index (χ2n) is 22.0. The standard InChI is InChI=1S/C54H76N6O12/c1-29(2)27-59-22-18-54(19-23-59)56-40-37-38-45(63)35(8)48-39(37)49(65)52(9,72-48)69-25-15-36(68-11)32(5)47(71-51(67)60-24-26-70-53(28-60)16-20-58(10)21-17-53)34(7)44(62)33(6)43(61)30(3)13-12-14-31(4)50(66)55-42(46(38)64)41(40)57-54/h12-15,25,29-30,32-34,36,43-44,47,61-64H,16-24,26-28H2,1-11H3,(H,55,66)/b13-12+,25-15+,31-14-/t30?,32-,33-,34-,36+,43+,44-,47-,52+/m1/s1. The number of hydrogen-bond acceptors (Lipinski definition) is 16. The topological polar surface area (TPSA) is 225 Å². The molecule has 394 valence electrons. The normalized spacial score (nSPS) is 32.9. The summed E-state index contributed by atoms with van der Waals surface area (Å²) in [7, 11) is 3.56. The minimum atomic E-state index is -1.99. The fourth-order valence-electron chi connectivity index (χ4n) is 11.5. The molecule has 5 N–H and O–H groups in total. The quantitative estimate of drug-likeness (QED) is 0.251. The highest BCUT2D eigenvalue weighted by molar-refractivity contribution is 6.19. The van der Waals surface area contributed by atoms with E-state index in [1.165, 1.54) is 20.3 Å². The number of rotatable bonds is 4. The fraction of sp³-hybridized carbons (Fsp3) is 0.648. The molecule has 0 radical (unpaired) electrons. The lowest BCUT2D eigenvalue weighted by molar-refractivity contribution is -0.136. The molecule has 0 aromatic heterocycles. The summed E-state index contributed by atoms with van der Waals surface area (Å²) < 4.78 is 31.4. The van der Waals surface area contributed by atoms with Gasteiger partial charge in [-0.25, -0.2) is 4.79 Å². The SMILES string of the molecule is CO[C@H]1/C=C/O[C@@]2(C)Oc3c(C)c(O)c4c(O)c(c5c(c4c3C2=O)=NC2(CCN(CC(C)C)CC2)N=5)NC(=O)/C(C)=C\C=C\C(C)[C@H](O)[C@@H](C)[C@@H](O)[C@@H](C)[C@H](OC(=O)N2CCOC3(CCN(C)CC3)C2)[C@@H]1C. The predicted molar refractivity (Wildman–Crippen MR) is 269 cm³/mol. The van der Waals surface area contributed by atoms with E-state index in [0.717, 1.165) is 32.5 Å². The molecule has 7 aliphatic rings. The molecule has 1 unspecified atom stereocenters. The van der Waals surface area contributed by atoms with Crippen molar-refractivity contribution in [3.8, 4) is 17.2 Å². The number of anilines is 1. The molecule has 7 aliphatic heterocycles. The van der Waals surface area contributed by atoms with Crippen molar-refractivity contribution in [2.45, 2.75) is 129 Å². The molecular weight excluding hydrogens is 925 g/mol. The first-order valence-corrected chi connectivity index (χ1v) is 25.7. The lowest BCUT2D eigenvalue weighted by Gasteiger charge is -2.47. The van der Waals surface area contributed by atoms with E-state index in [0.29, 0.717) is 51.5 Å². The Morgan fingerprint density at radius 1 is 0.903 bits per heavy atom. The molecule has 3 fully saturated rings. The smallest absolute Gasteiger partial charge is 0.410 e. The number of nitrogens with zero attached hydrogens (tertiary/aromatic N) is 5. The first-order chi connectivity index (χ1) is 34.0. The number of aliphatic hydroxyl groups is 2. The highest BCUT2D eigenvalue weighted by atomic mass is 16.7. The van der Waals surface area contributed by atoms with E-state index in [1.54, 1.807) is 63.8 Å². The lowest BCUT2D eigenvalue weighted by Crippen LogP contribution is -2.58. The number of phenols is 2. The number of allylic oxidation sites excluding steroid dienone is 2. The summed E-state index contributed by atoms with van der Waals surface area (Å²) in [5.41, 5.74) is -1.08. The fourth-order valence-corrected chi connectivity index (χ4v) is 11.5. The van der Waals surface area contributed by atoms with Crippen molar-refractivity contribution in [2.75, 3.05) is 71.9 Å². The van der Waals surface area contributed by atoms with Crippen LogP contribution in [-0.4, -0.2) is 161 Å². The molecule has 3 saturated heterocycles. The van der Waals surface area contributed by atoms with Crippen molar-refractivity contribution in [3.05, 3.63) is 58.0 Å². The van der Waals surface area contributed by atoms with Crippen LogP contribution in [-0.2, 0) is 23.7 Å². The molecule has 2 amide bonds. The van der Waals surface area contributed by atoms with Crippen LogP contribution in [0.2, 0.25) is 0 Å². The Balaban J connectivity index is 1.20.